The largest absolute Gasteiger partial charge is 0.457 e. The maximum Gasteiger partial charge on any atom is 0.269 e. The fourth-order valence-corrected chi connectivity index (χ4v) is 2.32. The summed E-state index contributed by atoms with van der Waals surface area (Å²) in [6.45, 7) is 1.96. The molecule has 0 aliphatic heterocycles. The lowest BCUT2D eigenvalue weighted by molar-refractivity contribution is -0.384. The molecule has 25 heavy (non-hydrogen) atoms. The number of ketones is 1. The first kappa shape index (κ1) is 16.4. The number of carbonyl (C=O) groups is 1. The summed E-state index contributed by atoms with van der Waals surface area (Å²) in [6.07, 6.45) is 3.07. The average molecular weight is 333 g/mol. The fraction of sp³-hybridized carbons (Fsp3) is 0.0500. The molecule has 3 aromatic rings. The molecule has 0 bridgehead atoms. The quantitative estimate of drug-likeness (QED) is 0.283. The van der Waals surface area contributed by atoms with E-state index in [0.29, 0.717) is 17.1 Å². The van der Waals surface area contributed by atoms with E-state index in [1.54, 1.807) is 42.5 Å². The van der Waals surface area contributed by atoms with Crippen LogP contribution in [0.3, 0.4) is 0 Å². The standard InChI is InChI=1S/C20H15NO4/c1-14-2-4-15(5-3-14)19(22)12-10-18-11-13-20(25-18)16-6-8-17(9-7-16)21(23)24/h2-13H,1H3/b12-10+. The molecule has 0 unspecified atom stereocenters. The zero-order valence-electron chi connectivity index (χ0n) is 13.5. The Hall–Kier alpha value is -3.47. The van der Waals surface area contributed by atoms with Crippen molar-refractivity contribution in [2.75, 3.05) is 0 Å². The van der Waals surface area contributed by atoms with Crippen molar-refractivity contribution >= 4 is 17.5 Å². The third-order valence-corrected chi connectivity index (χ3v) is 3.72. The van der Waals surface area contributed by atoms with E-state index in [0.717, 1.165) is 11.1 Å². The van der Waals surface area contributed by atoms with Gasteiger partial charge in [-0.2, -0.15) is 0 Å². The Morgan fingerprint density at radius 1 is 1.00 bits per heavy atom. The Kier molecular flexibility index (Phi) is 4.57. The molecule has 0 aliphatic carbocycles. The molecule has 0 saturated carbocycles. The summed E-state index contributed by atoms with van der Waals surface area (Å²) in [7, 11) is 0. The maximum absolute atomic E-state index is 12.1. The molecule has 0 spiro atoms. The van der Waals surface area contributed by atoms with Crippen LogP contribution in [-0.2, 0) is 0 Å². The minimum absolute atomic E-state index is 0.0270. The molecule has 3 rings (SSSR count). The van der Waals surface area contributed by atoms with Crippen molar-refractivity contribution in [1.82, 2.24) is 0 Å². The highest BCUT2D eigenvalue weighted by Crippen LogP contribution is 2.25. The van der Waals surface area contributed by atoms with Gasteiger partial charge >= 0.3 is 0 Å². The van der Waals surface area contributed by atoms with Crippen LogP contribution in [0.25, 0.3) is 17.4 Å². The van der Waals surface area contributed by atoms with Crippen molar-refractivity contribution in [2.45, 2.75) is 6.92 Å². The van der Waals surface area contributed by atoms with E-state index in [1.165, 1.54) is 18.2 Å². The summed E-state index contributed by atoms with van der Waals surface area (Å²) >= 11 is 0. The minimum Gasteiger partial charge on any atom is -0.457 e. The number of allylic oxidation sites excluding steroid dienone is 1. The predicted octanol–water partition coefficient (Wildman–Crippen LogP) is 5.06. The van der Waals surface area contributed by atoms with E-state index in [2.05, 4.69) is 0 Å². The Balaban J connectivity index is 1.73. The lowest BCUT2D eigenvalue weighted by atomic mass is 10.1. The number of carbonyl (C=O) groups excluding carboxylic acids is 1. The first-order valence-corrected chi connectivity index (χ1v) is 7.67. The fourth-order valence-electron chi connectivity index (χ4n) is 2.32. The molecule has 5 nitrogen and oxygen atoms in total. The van der Waals surface area contributed by atoms with Gasteiger partial charge in [0.25, 0.3) is 5.69 Å². The van der Waals surface area contributed by atoms with Gasteiger partial charge < -0.3 is 4.42 Å². The number of nitrogens with zero attached hydrogens (tertiary/aromatic N) is 1. The highest BCUT2D eigenvalue weighted by molar-refractivity contribution is 6.06. The molecule has 0 saturated heterocycles. The van der Waals surface area contributed by atoms with Gasteiger partial charge in [-0.1, -0.05) is 29.8 Å². The SMILES string of the molecule is Cc1ccc(C(=O)/C=C/c2ccc(-c3ccc([N+](=O)[O-])cc3)o2)cc1. The van der Waals surface area contributed by atoms with Crippen LogP contribution in [0, 0.1) is 17.0 Å². The summed E-state index contributed by atoms with van der Waals surface area (Å²) in [6, 6.07) is 17.0. The van der Waals surface area contributed by atoms with E-state index >= 15 is 0 Å². The number of hydrogen-bond acceptors (Lipinski definition) is 4. The van der Waals surface area contributed by atoms with Gasteiger partial charge in [-0.3, -0.25) is 14.9 Å². The van der Waals surface area contributed by atoms with Crippen LogP contribution >= 0.6 is 0 Å². The number of rotatable bonds is 5. The van der Waals surface area contributed by atoms with E-state index in [1.807, 2.05) is 19.1 Å². The Morgan fingerprint density at radius 2 is 1.68 bits per heavy atom. The minimum atomic E-state index is -0.448. The van der Waals surface area contributed by atoms with Gasteiger partial charge in [-0.05, 0) is 43.3 Å². The van der Waals surface area contributed by atoms with Crippen LogP contribution in [0.15, 0.2) is 71.2 Å². The second kappa shape index (κ2) is 6.97. The van der Waals surface area contributed by atoms with Crippen molar-refractivity contribution in [3.63, 3.8) is 0 Å². The van der Waals surface area contributed by atoms with Gasteiger partial charge in [0.1, 0.15) is 11.5 Å². The zero-order valence-corrected chi connectivity index (χ0v) is 13.5. The van der Waals surface area contributed by atoms with E-state index < -0.39 is 4.92 Å². The lowest BCUT2D eigenvalue weighted by Gasteiger charge is -1.97. The van der Waals surface area contributed by atoms with Crippen molar-refractivity contribution in [2.24, 2.45) is 0 Å². The maximum atomic E-state index is 12.1. The molecule has 5 heteroatoms. The van der Waals surface area contributed by atoms with Gasteiger partial charge in [0, 0.05) is 23.3 Å². The third kappa shape index (κ3) is 3.90. The van der Waals surface area contributed by atoms with E-state index in [4.69, 9.17) is 4.42 Å². The molecule has 1 aromatic heterocycles. The van der Waals surface area contributed by atoms with Crippen LogP contribution in [0.1, 0.15) is 21.7 Å². The zero-order chi connectivity index (χ0) is 17.8. The Bertz CT molecular complexity index is 935. The molecule has 124 valence electrons. The highest BCUT2D eigenvalue weighted by atomic mass is 16.6. The molecular weight excluding hydrogens is 318 g/mol. The summed E-state index contributed by atoms with van der Waals surface area (Å²) in [4.78, 5) is 22.3. The number of hydrogen-bond donors (Lipinski definition) is 0. The van der Waals surface area contributed by atoms with Gasteiger partial charge in [0.05, 0.1) is 4.92 Å². The van der Waals surface area contributed by atoms with Gasteiger partial charge in [0.2, 0.25) is 0 Å². The van der Waals surface area contributed by atoms with Crippen LogP contribution < -0.4 is 0 Å². The molecular formula is C20H15NO4. The highest BCUT2D eigenvalue weighted by Gasteiger charge is 2.08. The predicted molar refractivity (Wildman–Crippen MR) is 95.3 cm³/mol. The average Bonchev–Trinajstić information content (AvgIpc) is 3.09. The Labute approximate surface area is 144 Å². The number of benzene rings is 2. The van der Waals surface area contributed by atoms with Crippen molar-refractivity contribution in [3.05, 3.63) is 93.7 Å². The molecule has 0 amide bonds. The van der Waals surface area contributed by atoms with Crippen molar-refractivity contribution < 1.29 is 14.1 Å². The first-order chi connectivity index (χ1) is 12.0. The molecule has 0 fully saturated rings. The summed E-state index contributed by atoms with van der Waals surface area (Å²) < 4.78 is 5.67. The summed E-state index contributed by atoms with van der Waals surface area (Å²) in [5.74, 6) is 1.01. The first-order valence-electron chi connectivity index (χ1n) is 7.67. The summed E-state index contributed by atoms with van der Waals surface area (Å²) in [5.41, 5.74) is 2.47. The van der Waals surface area contributed by atoms with Gasteiger partial charge in [-0.15, -0.1) is 0 Å². The second-order valence-corrected chi connectivity index (χ2v) is 5.57. The third-order valence-electron chi connectivity index (χ3n) is 3.72. The number of nitro benzene ring substituents is 1. The van der Waals surface area contributed by atoms with Crippen molar-refractivity contribution in [1.29, 1.82) is 0 Å². The number of nitro groups is 1. The van der Waals surface area contributed by atoms with Crippen LogP contribution in [0.2, 0.25) is 0 Å². The topological polar surface area (TPSA) is 73.3 Å². The molecule has 2 aromatic carbocycles. The van der Waals surface area contributed by atoms with Crippen molar-refractivity contribution in [3.8, 4) is 11.3 Å². The molecule has 0 aliphatic rings. The van der Waals surface area contributed by atoms with E-state index in [9.17, 15) is 14.9 Å². The monoisotopic (exact) mass is 333 g/mol. The van der Waals surface area contributed by atoms with Crippen LogP contribution in [-0.4, -0.2) is 10.7 Å². The van der Waals surface area contributed by atoms with E-state index in [-0.39, 0.29) is 11.5 Å². The molecule has 0 N–H and O–H groups in total. The van der Waals surface area contributed by atoms with Gasteiger partial charge in [0.15, 0.2) is 5.78 Å². The second-order valence-electron chi connectivity index (χ2n) is 5.57. The number of furan rings is 1. The van der Waals surface area contributed by atoms with Crippen LogP contribution in [0.4, 0.5) is 5.69 Å². The Morgan fingerprint density at radius 3 is 2.32 bits per heavy atom. The summed E-state index contributed by atoms with van der Waals surface area (Å²) in [5, 5.41) is 10.7. The lowest BCUT2D eigenvalue weighted by Crippen LogP contribution is -1.93. The molecule has 0 radical (unpaired) electrons. The smallest absolute Gasteiger partial charge is 0.269 e. The van der Waals surface area contributed by atoms with Crippen LogP contribution in [0.5, 0.6) is 0 Å². The number of non-ortho nitro benzene ring substituents is 1. The molecule has 0 atom stereocenters. The van der Waals surface area contributed by atoms with Gasteiger partial charge in [-0.25, -0.2) is 0 Å². The molecule has 1 heterocycles. The normalized spacial score (nSPS) is 10.9. The number of aryl methyl sites for hydroxylation is 1.